The second kappa shape index (κ2) is 10.1. The second-order valence-electron chi connectivity index (χ2n) is 8.90. The van der Waals surface area contributed by atoms with Gasteiger partial charge in [-0.15, -0.1) is 0 Å². The van der Waals surface area contributed by atoms with Crippen LogP contribution in [0.2, 0.25) is 13.1 Å². The molecule has 5 rings (SSSR count). The van der Waals surface area contributed by atoms with Gasteiger partial charge in [0.05, 0.1) is 11.5 Å². The van der Waals surface area contributed by atoms with Crippen LogP contribution in [-0.2, 0) is 0 Å². The van der Waals surface area contributed by atoms with Crippen molar-refractivity contribution in [2.75, 3.05) is 5.79 Å². The molecular formula is C28H28P2S2Si. The molecule has 0 N–H and O–H groups in total. The minimum absolute atomic E-state index is 0.315. The third-order valence-corrected chi connectivity index (χ3v) is 28.0. The van der Waals surface area contributed by atoms with Gasteiger partial charge in [0.15, 0.2) is 0 Å². The molecule has 1 aliphatic heterocycles. The van der Waals surface area contributed by atoms with Crippen molar-refractivity contribution in [3.8, 4) is 0 Å². The lowest BCUT2D eigenvalue weighted by molar-refractivity contribution is 1.53. The summed E-state index contributed by atoms with van der Waals surface area (Å²) in [6.07, 6.45) is 0. The standard InChI is InChI=1S/C28H28P2S2Si/c1-33(2,23-29(24-15-7-3-8-16-24)25-17-9-4-10-18-25)28(31-32-28)30(26-19-11-5-12-20-26)27-21-13-6-14-22-27/h3-22H,23H2,1-2H3. The first-order chi connectivity index (χ1) is 16.1. The van der Waals surface area contributed by atoms with E-state index in [2.05, 4.69) is 156 Å². The Hall–Kier alpha value is -1.34. The zero-order valence-corrected chi connectivity index (χ0v) is 23.4. The molecule has 0 radical (unpaired) electrons. The predicted molar refractivity (Wildman–Crippen MR) is 158 cm³/mol. The van der Waals surface area contributed by atoms with E-state index in [9.17, 15) is 0 Å². The van der Waals surface area contributed by atoms with E-state index < -0.39 is 16.0 Å². The highest BCUT2D eigenvalue weighted by molar-refractivity contribution is 8.97. The van der Waals surface area contributed by atoms with Gasteiger partial charge in [-0.2, -0.15) is 0 Å². The monoisotopic (exact) mass is 518 g/mol. The summed E-state index contributed by atoms with van der Waals surface area (Å²) < 4.78 is 0.315. The first kappa shape index (κ1) is 23.4. The lowest BCUT2D eigenvalue weighted by atomic mass is 10.4. The first-order valence-corrected chi connectivity index (χ1v) is 19.5. The summed E-state index contributed by atoms with van der Waals surface area (Å²) in [5.41, 5.74) is 0. The molecule has 0 spiro atoms. The fraction of sp³-hybridized carbons (Fsp3) is 0.143. The summed E-state index contributed by atoms with van der Waals surface area (Å²) >= 11 is 0. The summed E-state index contributed by atoms with van der Waals surface area (Å²) in [6, 6.07) is 45.1. The van der Waals surface area contributed by atoms with E-state index in [4.69, 9.17) is 0 Å². The molecule has 1 aliphatic rings. The number of hydrogen-bond acceptors (Lipinski definition) is 2. The molecule has 0 atom stereocenters. The summed E-state index contributed by atoms with van der Waals surface area (Å²) in [7, 11) is 1.83. The van der Waals surface area contributed by atoms with Gasteiger partial charge in [0.2, 0.25) is 0 Å². The van der Waals surface area contributed by atoms with Gasteiger partial charge in [0.25, 0.3) is 0 Å². The smallest absolute Gasteiger partial charge is 0.0721 e. The Morgan fingerprint density at radius 3 is 1.21 bits per heavy atom. The molecule has 166 valence electrons. The van der Waals surface area contributed by atoms with E-state index in [1.54, 1.807) is 0 Å². The third kappa shape index (κ3) is 4.90. The van der Waals surface area contributed by atoms with Gasteiger partial charge in [-0.25, -0.2) is 0 Å². The first-order valence-electron chi connectivity index (χ1n) is 11.3. The molecule has 0 bridgehead atoms. The molecular weight excluding hydrogens is 490 g/mol. The largest absolute Gasteiger partial charge is 0.0993 e. The molecule has 0 aliphatic carbocycles. The van der Waals surface area contributed by atoms with Gasteiger partial charge in [0.1, 0.15) is 0 Å². The van der Waals surface area contributed by atoms with Crippen molar-refractivity contribution < 1.29 is 0 Å². The Bertz CT molecular complexity index is 1090. The Morgan fingerprint density at radius 2 is 0.879 bits per heavy atom. The van der Waals surface area contributed by atoms with Gasteiger partial charge in [-0.1, -0.05) is 156 Å². The normalized spacial score (nSPS) is 15.0. The Kier molecular flexibility index (Phi) is 7.17. The van der Waals surface area contributed by atoms with Gasteiger partial charge >= 0.3 is 0 Å². The Labute approximate surface area is 209 Å². The van der Waals surface area contributed by atoms with Crippen LogP contribution in [0.4, 0.5) is 0 Å². The van der Waals surface area contributed by atoms with Gasteiger partial charge in [-0.05, 0) is 42.8 Å². The molecule has 0 aromatic heterocycles. The zero-order valence-electron chi connectivity index (χ0n) is 19.0. The SMILES string of the molecule is C[Si](C)(CP(c1ccccc1)c1ccccc1)C1(P(c2ccccc2)c2ccccc2)SS1. The van der Waals surface area contributed by atoms with Crippen LogP contribution < -0.4 is 21.2 Å². The van der Waals surface area contributed by atoms with Crippen molar-refractivity contribution >= 4 is 66.7 Å². The second-order valence-corrected chi connectivity index (χ2v) is 23.5. The van der Waals surface area contributed by atoms with Gasteiger partial charge in [-0.3, -0.25) is 0 Å². The average molecular weight is 519 g/mol. The van der Waals surface area contributed by atoms with Crippen molar-refractivity contribution in [1.29, 1.82) is 0 Å². The van der Waals surface area contributed by atoms with Crippen LogP contribution >= 0.6 is 37.4 Å². The molecule has 1 saturated heterocycles. The van der Waals surface area contributed by atoms with Crippen LogP contribution in [0.25, 0.3) is 0 Å². The topological polar surface area (TPSA) is 0 Å². The van der Waals surface area contributed by atoms with Crippen LogP contribution in [0.5, 0.6) is 0 Å². The summed E-state index contributed by atoms with van der Waals surface area (Å²) in [6.45, 7) is 5.31. The van der Waals surface area contributed by atoms with Crippen molar-refractivity contribution in [1.82, 2.24) is 0 Å². The maximum atomic E-state index is 2.66. The van der Waals surface area contributed by atoms with Crippen molar-refractivity contribution in [3.63, 3.8) is 0 Å². The molecule has 4 aromatic rings. The summed E-state index contributed by atoms with van der Waals surface area (Å²) in [5, 5.41) is 6.05. The van der Waals surface area contributed by atoms with Crippen molar-refractivity contribution in [2.45, 2.75) is 16.5 Å². The van der Waals surface area contributed by atoms with Crippen molar-refractivity contribution in [3.05, 3.63) is 121 Å². The zero-order chi connectivity index (χ0) is 22.7. The van der Waals surface area contributed by atoms with Crippen LogP contribution in [0.3, 0.4) is 0 Å². The summed E-state index contributed by atoms with van der Waals surface area (Å²) in [5.74, 6) is 1.31. The molecule has 4 aromatic carbocycles. The van der Waals surface area contributed by atoms with Gasteiger partial charge < -0.3 is 0 Å². The fourth-order valence-electron chi connectivity index (χ4n) is 4.33. The number of benzene rings is 4. The lowest BCUT2D eigenvalue weighted by Crippen LogP contribution is -2.48. The predicted octanol–water partition coefficient (Wildman–Crippen LogP) is 7.09. The van der Waals surface area contributed by atoms with E-state index in [1.807, 2.05) is 0 Å². The molecule has 33 heavy (non-hydrogen) atoms. The van der Waals surface area contributed by atoms with Crippen LogP contribution in [-0.4, -0.2) is 17.3 Å². The van der Waals surface area contributed by atoms with Crippen LogP contribution in [0.1, 0.15) is 0 Å². The highest BCUT2D eigenvalue weighted by atomic mass is 33.2. The maximum Gasteiger partial charge on any atom is 0.0993 e. The highest BCUT2D eigenvalue weighted by Crippen LogP contribution is 2.82. The Balaban J connectivity index is 1.56. The molecule has 0 saturated carbocycles. The third-order valence-electron chi connectivity index (χ3n) is 6.11. The molecule has 5 heteroatoms. The maximum absolute atomic E-state index is 2.66. The van der Waals surface area contributed by atoms with E-state index in [1.165, 1.54) is 27.0 Å². The number of rotatable bonds is 8. The fourth-order valence-corrected chi connectivity index (χ4v) is 28.1. The van der Waals surface area contributed by atoms with Crippen LogP contribution in [0, 0.1) is 0 Å². The molecule has 0 unspecified atom stereocenters. The summed E-state index contributed by atoms with van der Waals surface area (Å²) in [4.78, 5) is 0. The minimum Gasteiger partial charge on any atom is -0.0721 e. The van der Waals surface area contributed by atoms with E-state index in [0.29, 0.717) is 3.44 Å². The molecule has 1 fully saturated rings. The molecule has 1 heterocycles. The lowest BCUT2D eigenvalue weighted by Gasteiger charge is -2.39. The van der Waals surface area contributed by atoms with Crippen molar-refractivity contribution in [2.24, 2.45) is 0 Å². The Morgan fingerprint density at radius 1 is 0.545 bits per heavy atom. The highest BCUT2D eigenvalue weighted by Gasteiger charge is 2.64. The quantitative estimate of drug-likeness (QED) is 0.106. The van der Waals surface area contributed by atoms with Crippen LogP contribution in [0.15, 0.2) is 121 Å². The number of hydrogen-bond donors (Lipinski definition) is 0. The van der Waals surface area contributed by atoms with Gasteiger partial charge in [0, 0.05) is 0 Å². The van der Waals surface area contributed by atoms with E-state index in [0.717, 1.165) is 0 Å². The minimum atomic E-state index is -1.69. The molecule has 0 nitrogen and oxygen atoms in total. The molecule has 0 amide bonds. The average Bonchev–Trinajstić information content (AvgIpc) is 3.68. The van der Waals surface area contributed by atoms with E-state index in [-0.39, 0.29) is 7.92 Å². The van der Waals surface area contributed by atoms with E-state index >= 15 is 0 Å².